The number of hydrogen-bond donors (Lipinski definition) is 2. The van der Waals surface area contributed by atoms with Crippen molar-refractivity contribution in [3.05, 3.63) is 65.7 Å². The fourth-order valence-corrected chi connectivity index (χ4v) is 3.67. The monoisotopic (exact) mass is 538 g/mol. The van der Waals surface area contributed by atoms with Crippen LogP contribution in [-0.2, 0) is 4.74 Å². The van der Waals surface area contributed by atoms with Crippen molar-refractivity contribution in [2.75, 3.05) is 46.5 Å². The lowest BCUT2D eigenvalue weighted by atomic mass is 10.0. The van der Waals surface area contributed by atoms with Gasteiger partial charge in [0.1, 0.15) is 5.75 Å². The molecule has 1 aliphatic heterocycles. The molecule has 170 valence electrons. The normalized spacial score (nSPS) is 16.7. The Bertz CT molecular complexity index is 780. The molecule has 3 rings (SSSR count). The number of nitrogens with zero attached hydrogens (tertiary/aromatic N) is 2. The molecule has 0 radical (unpaired) electrons. The summed E-state index contributed by atoms with van der Waals surface area (Å²) < 4.78 is 10.9. The van der Waals surface area contributed by atoms with E-state index in [1.807, 2.05) is 18.2 Å². The Balaban J connectivity index is 0.00000341. The number of methoxy groups -OCH3 is 1. The van der Waals surface area contributed by atoms with Crippen LogP contribution in [0.25, 0.3) is 0 Å². The van der Waals surface area contributed by atoms with E-state index in [2.05, 4.69) is 65.8 Å². The number of guanidine groups is 1. The molecule has 2 atom stereocenters. The Hall–Kier alpha value is -1.84. The molecule has 1 fully saturated rings. The molecule has 0 aliphatic carbocycles. The van der Waals surface area contributed by atoms with Gasteiger partial charge in [-0.05, 0) is 37.1 Å². The molecule has 7 heteroatoms. The van der Waals surface area contributed by atoms with Crippen molar-refractivity contribution in [2.24, 2.45) is 4.99 Å². The Labute approximate surface area is 203 Å². The van der Waals surface area contributed by atoms with E-state index in [1.54, 1.807) is 7.11 Å². The molecular weight excluding hydrogens is 503 g/mol. The van der Waals surface area contributed by atoms with Crippen molar-refractivity contribution in [1.29, 1.82) is 0 Å². The first-order valence-electron chi connectivity index (χ1n) is 10.8. The molecule has 1 saturated heterocycles. The zero-order valence-corrected chi connectivity index (χ0v) is 21.0. The minimum absolute atomic E-state index is 0. The molecular formula is C24H35IN4O2. The SMILES string of the molecule is CCNC(=NCC(c1ccc(OC)cc1)N1CCOCC1)NC(C)c1ccccc1.I. The zero-order chi connectivity index (χ0) is 21.2. The first-order valence-corrected chi connectivity index (χ1v) is 10.8. The second-order valence-corrected chi connectivity index (χ2v) is 7.43. The van der Waals surface area contributed by atoms with Crippen LogP contribution in [0.3, 0.4) is 0 Å². The second-order valence-electron chi connectivity index (χ2n) is 7.43. The van der Waals surface area contributed by atoms with Gasteiger partial charge in [0, 0.05) is 19.6 Å². The summed E-state index contributed by atoms with van der Waals surface area (Å²) in [4.78, 5) is 7.41. The van der Waals surface area contributed by atoms with E-state index >= 15 is 0 Å². The Morgan fingerprint density at radius 2 is 1.74 bits per heavy atom. The quantitative estimate of drug-likeness (QED) is 0.303. The van der Waals surface area contributed by atoms with Crippen LogP contribution in [-0.4, -0.2) is 57.4 Å². The molecule has 2 unspecified atom stereocenters. The van der Waals surface area contributed by atoms with Crippen molar-refractivity contribution < 1.29 is 9.47 Å². The number of nitrogens with one attached hydrogen (secondary N) is 2. The number of halogens is 1. The zero-order valence-electron chi connectivity index (χ0n) is 18.7. The summed E-state index contributed by atoms with van der Waals surface area (Å²) in [5, 5.41) is 6.92. The molecule has 2 aromatic rings. The van der Waals surface area contributed by atoms with Crippen LogP contribution in [0.1, 0.15) is 37.1 Å². The van der Waals surface area contributed by atoms with Gasteiger partial charge in [-0.25, -0.2) is 0 Å². The largest absolute Gasteiger partial charge is 0.497 e. The van der Waals surface area contributed by atoms with Gasteiger partial charge in [-0.1, -0.05) is 42.5 Å². The maximum absolute atomic E-state index is 5.57. The molecule has 0 amide bonds. The number of hydrogen-bond acceptors (Lipinski definition) is 4. The van der Waals surface area contributed by atoms with E-state index in [0.29, 0.717) is 6.54 Å². The maximum Gasteiger partial charge on any atom is 0.191 e. The summed E-state index contributed by atoms with van der Waals surface area (Å²) in [6, 6.07) is 19.1. The van der Waals surface area contributed by atoms with Crippen molar-refractivity contribution in [2.45, 2.75) is 25.9 Å². The van der Waals surface area contributed by atoms with Crippen LogP contribution >= 0.6 is 24.0 Å². The molecule has 0 aromatic heterocycles. The van der Waals surface area contributed by atoms with Gasteiger partial charge in [-0.15, -0.1) is 24.0 Å². The highest BCUT2D eigenvalue weighted by Gasteiger charge is 2.23. The second kappa shape index (κ2) is 13.5. The van der Waals surface area contributed by atoms with Crippen LogP contribution in [0.15, 0.2) is 59.6 Å². The van der Waals surface area contributed by atoms with E-state index in [1.165, 1.54) is 11.1 Å². The van der Waals surface area contributed by atoms with Gasteiger partial charge in [0.15, 0.2) is 5.96 Å². The molecule has 31 heavy (non-hydrogen) atoms. The highest BCUT2D eigenvalue weighted by atomic mass is 127. The molecule has 6 nitrogen and oxygen atoms in total. The summed E-state index contributed by atoms with van der Waals surface area (Å²) in [6.45, 7) is 9.09. The van der Waals surface area contributed by atoms with E-state index in [4.69, 9.17) is 14.5 Å². The van der Waals surface area contributed by atoms with Crippen LogP contribution in [0.2, 0.25) is 0 Å². The third-order valence-electron chi connectivity index (χ3n) is 5.41. The van der Waals surface area contributed by atoms with Gasteiger partial charge in [-0.3, -0.25) is 9.89 Å². The average Bonchev–Trinajstić information content (AvgIpc) is 2.81. The van der Waals surface area contributed by atoms with E-state index in [0.717, 1.165) is 44.6 Å². The van der Waals surface area contributed by atoms with Crippen molar-refractivity contribution in [1.82, 2.24) is 15.5 Å². The summed E-state index contributed by atoms with van der Waals surface area (Å²) >= 11 is 0. The molecule has 2 N–H and O–H groups in total. The predicted octanol–water partition coefficient (Wildman–Crippen LogP) is 4.00. The van der Waals surface area contributed by atoms with Gasteiger partial charge in [0.25, 0.3) is 0 Å². The minimum atomic E-state index is 0. The van der Waals surface area contributed by atoms with E-state index in [9.17, 15) is 0 Å². The summed E-state index contributed by atoms with van der Waals surface area (Å²) in [5.74, 6) is 1.70. The first kappa shape index (κ1) is 25.4. The van der Waals surface area contributed by atoms with Crippen LogP contribution < -0.4 is 15.4 Å². The number of morpholine rings is 1. The van der Waals surface area contributed by atoms with Crippen LogP contribution in [0.5, 0.6) is 5.75 Å². The fourth-order valence-electron chi connectivity index (χ4n) is 3.67. The summed E-state index contributed by atoms with van der Waals surface area (Å²) in [6.07, 6.45) is 0. The maximum atomic E-state index is 5.57. The van der Waals surface area contributed by atoms with Gasteiger partial charge < -0.3 is 20.1 Å². The molecule has 1 aliphatic rings. The minimum Gasteiger partial charge on any atom is -0.497 e. The average molecular weight is 538 g/mol. The highest BCUT2D eigenvalue weighted by molar-refractivity contribution is 14.0. The summed E-state index contributed by atoms with van der Waals surface area (Å²) in [7, 11) is 1.70. The van der Waals surface area contributed by atoms with Crippen LogP contribution in [0.4, 0.5) is 0 Å². The first-order chi connectivity index (χ1) is 14.7. The lowest BCUT2D eigenvalue weighted by Gasteiger charge is -2.34. The van der Waals surface area contributed by atoms with Crippen LogP contribution in [0, 0.1) is 0 Å². The topological polar surface area (TPSA) is 58.1 Å². The Morgan fingerprint density at radius 1 is 1.06 bits per heavy atom. The molecule has 1 heterocycles. The van der Waals surface area contributed by atoms with Gasteiger partial charge in [0.05, 0.1) is 39.0 Å². The summed E-state index contributed by atoms with van der Waals surface area (Å²) in [5.41, 5.74) is 2.48. The fraction of sp³-hybridized carbons (Fsp3) is 0.458. The smallest absolute Gasteiger partial charge is 0.191 e. The van der Waals surface area contributed by atoms with Gasteiger partial charge in [-0.2, -0.15) is 0 Å². The third kappa shape index (κ3) is 7.66. The van der Waals surface area contributed by atoms with E-state index < -0.39 is 0 Å². The van der Waals surface area contributed by atoms with Crippen molar-refractivity contribution >= 4 is 29.9 Å². The van der Waals surface area contributed by atoms with Gasteiger partial charge in [0.2, 0.25) is 0 Å². The predicted molar refractivity (Wildman–Crippen MR) is 138 cm³/mol. The molecule has 2 aromatic carbocycles. The molecule has 0 bridgehead atoms. The van der Waals surface area contributed by atoms with Crippen molar-refractivity contribution in [3.8, 4) is 5.75 Å². The number of benzene rings is 2. The number of ether oxygens (including phenoxy) is 2. The molecule has 0 spiro atoms. The third-order valence-corrected chi connectivity index (χ3v) is 5.41. The number of aliphatic imine (C=N–C) groups is 1. The van der Waals surface area contributed by atoms with E-state index in [-0.39, 0.29) is 36.1 Å². The Kier molecular flexibility index (Phi) is 11.1. The lowest BCUT2D eigenvalue weighted by Crippen LogP contribution is -2.42. The Morgan fingerprint density at radius 3 is 2.35 bits per heavy atom. The number of rotatable bonds is 8. The van der Waals surface area contributed by atoms with Gasteiger partial charge >= 0.3 is 0 Å². The molecule has 0 saturated carbocycles. The van der Waals surface area contributed by atoms with Crippen molar-refractivity contribution in [3.63, 3.8) is 0 Å². The lowest BCUT2D eigenvalue weighted by molar-refractivity contribution is 0.0179. The highest BCUT2D eigenvalue weighted by Crippen LogP contribution is 2.24. The standard InChI is InChI=1S/C24H34N4O2.HI/c1-4-25-24(27-19(2)20-8-6-5-7-9-20)26-18-23(28-14-16-30-17-15-28)21-10-12-22(29-3)13-11-21;/h5-13,19,23H,4,14-18H2,1-3H3,(H2,25,26,27);1H.